The van der Waals surface area contributed by atoms with Crippen molar-refractivity contribution in [3.63, 3.8) is 0 Å². The van der Waals surface area contributed by atoms with Gasteiger partial charge in [-0.05, 0) is 32.4 Å². The topological polar surface area (TPSA) is 133 Å². The van der Waals surface area contributed by atoms with Crippen molar-refractivity contribution in [2.75, 3.05) is 0 Å². The number of aryl methyl sites for hydroxylation is 1. The van der Waals surface area contributed by atoms with Crippen LogP contribution in [0.1, 0.15) is 42.1 Å². The minimum atomic E-state index is -1.24. The molecule has 8 heteroatoms. The van der Waals surface area contributed by atoms with E-state index < -0.39 is 35.8 Å². The summed E-state index contributed by atoms with van der Waals surface area (Å²) in [7, 11) is 0. The summed E-state index contributed by atoms with van der Waals surface area (Å²) in [6, 6.07) is 4.88. The summed E-state index contributed by atoms with van der Waals surface area (Å²) < 4.78 is 0. The van der Waals surface area contributed by atoms with Crippen LogP contribution in [0.5, 0.6) is 0 Å². The van der Waals surface area contributed by atoms with E-state index in [0.29, 0.717) is 5.56 Å². The summed E-state index contributed by atoms with van der Waals surface area (Å²) in [5, 5.41) is 22.7. The number of amides is 2. The Labute approximate surface area is 145 Å². The van der Waals surface area contributed by atoms with Gasteiger partial charge in [0.05, 0.1) is 6.42 Å². The summed E-state index contributed by atoms with van der Waals surface area (Å²) in [5.74, 6) is -3.29. The Balaban J connectivity index is 2.55. The highest BCUT2D eigenvalue weighted by molar-refractivity contribution is 5.96. The summed E-state index contributed by atoms with van der Waals surface area (Å²) in [6.45, 7) is 3.41. The van der Waals surface area contributed by atoms with Crippen molar-refractivity contribution in [2.24, 2.45) is 0 Å². The van der Waals surface area contributed by atoms with Crippen molar-refractivity contribution in [1.29, 1.82) is 0 Å². The van der Waals surface area contributed by atoms with Gasteiger partial charge in [-0.15, -0.1) is 0 Å². The highest BCUT2D eigenvalue weighted by Crippen LogP contribution is 2.06. The Hall–Kier alpha value is -2.90. The maximum atomic E-state index is 12.1. The first kappa shape index (κ1) is 20.1. The number of carboxylic acid groups (broad SMARTS) is 2. The quantitative estimate of drug-likeness (QED) is 0.524. The molecule has 1 aromatic rings. The van der Waals surface area contributed by atoms with Gasteiger partial charge in [0.15, 0.2) is 0 Å². The highest BCUT2D eigenvalue weighted by Gasteiger charge is 2.22. The first-order chi connectivity index (χ1) is 11.7. The zero-order valence-corrected chi connectivity index (χ0v) is 14.1. The van der Waals surface area contributed by atoms with Crippen LogP contribution in [0.4, 0.5) is 0 Å². The van der Waals surface area contributed by atoms with Crippen molar-refractivity contribution in [3.8, 4) is 0 Å². The van der Waals surface area contributed by atoms with Crippen molar-refractivity contribution >= 4 is 23.8 Å². The predicted octanol–water partition coefficient (Wildman–Crippen LogP) is 0.938. The average Bonchev–Trinajstić information content (AvgIpc) is 2.50. The summed E-state index contributed by atoms with van der Waals surface area (Å²) in [6.07, 6.45) is -0.466. The lowest BCUT2D eigenvalue weighted by Crippen LogP contribution is -2.42. The molecule has 2 unspecified atom stereocenters. The standard InChI is InChI=1S/C17H22N2O6/c1-10-3-5-12(6-4-10)16(23)19-13(17(24)25)7-8-14(20)18-11(2)9-15(21)22/h3-6,11,13H,7-9H2,1-2H3,(H,18,20)(H,19,23)(H,21,22)(H,24,25). The molecule has 0 aliphatic rings. The molecule has 1 aromatic carbocycles. The number of carbonyl (C=O) groups excluding carboxylic acids is 2. The van der Waals surface area contributed by atoms with E-state index in [1.165, 1.54) is 0 Å². The van der Waals surface area contributed by atoms with Gasteiger partial charge >= 0.3 is 11.9 Å². The Morgan fingerprint density at radius 1 is 1.04 bits per heavy atom. The molecule has 0 heterocycles. The van der Waals surface area contributed by atoms with E-state index in [-0.39, 0.29) is 19.3 Å². The number of rotatable bonds is 9. The van der Waals surface area contributed by atoms with E-state index in [4.69, 9.17) is 5.11 Å². The number of hydrogen-bond acceptors (Lipinski definition) is 4. The lowest BCUT2D eigenvalue weighted by Gasteiger charge is -2.16. The van der Waals surface area contributed by atoms with Crippen LogP contribution in [0.2, 0.25) is 0 Å². The minimum absolute atomic E-state index is 0.0987. The maximum Gasteiger partial charge on any atom is 0.326 e. The second-order valence-corrected chi connectivity index (χ2v) is 5.84. The van der Waals surface area contributed by atoms with Crippen LogP contribution in [0.25, 0.3) is 0 Å². The molecule has 0 aromatic heterocycles. The average molecular weight is 350 g/mol. The third-order valence-corrected chi connectivity index (χ3v) is 3.47. The largest absolute Gasteiger partial charge is 0.481 e. The fourth-order valence-electron chi connectivity index (χ4n) is 2.14. The molecule has 1 rings (SSSR count). The number of carboxylic acids is 2. The molecule has 0 spiro atoms. The van der Waals surface area contributed by atoms with Gasteiger partial charge in [0.1, 0.15) is 6.04 Å². The number of carbonyl (C=O) groups is 4. The van der Waals surface area contributed by atoms with Crippen LogP contribution < -0.4 is 10.6 Å². The van der Waals surface area contributed by atoms with Crippen LogP contribution in [0, 0.1) is 6.92 Å². The van der Waals surface area contributed by atoms with E-state index in [1.807, 2.05) is 6.92 Å². The van der Waals surface area contributed by atoms with Gasteiger partial charge in [0.2, 0.25) is 5.91 Å². The third-order valence-electron chi connectivity index (χ3n) is 3.47. The van der Waals surface area contributed by atoms with Crippen LogP contribution in [0.3, 0.4) is 0 Å². The first-order valence-electron chi connectivity index (χ1n) is 7.80. The molecule has 136 valence electrons. The van der Waals surface area contributed by atoms with E-state index in [9.17, 15) is 24.3 Å². The lowest BCUT2D eigenvalue weighted by atomic mass is 10.1. The molecule has 25 heavy (non-hydrogen) atoms. The molecule has 0 saturated carbocycles. The molecule has 0 fully saturated rings. The zero-order valence-electron chi connectivity index (χ0n) is 14.1. The smallest absolute Gasteiger partial charge is 0.326 e. The molecular formula is C17H22N2O6. The number of nitrogens with one attached hydrogen (secondary N) is 2. The summed E-state index contributed by atoms with van der Waals surface area (Å²) >= 11 is 0. The molecule has 0 aliphatic carbocycles. The molecule has 2 atom stereocenters. The van der Waals surface area contributed by atoms with E-state index in [1.54, 1.807) is 31.2 Å². The maximum absolute atomic E-state index is 12.1. The molecular weight excluding hydrogens is 328 g/mol. The summed E-state index contributed by atoms with van der Waals surface area (Å²) in [4.78, 5) is 45.6. The van der Waals surface area contributed by atoms with Crippen LogP contribution >= 0.6 is 0 Å². The van der Waals surface area contributed by atoms with Crippen molar-refractivity contribution in [1.82, 2.24) is 10.6 Å². The Kier molecular flexibility index (Phi) is 7.58. The fourth-order valence-corrected chi connectivity index (χ4v) is 2.14. The Morgan fingerprint density at radius 3 is 2.16 bits per heavy atom. The minimum Gasteiger partial charge on any atom is -0.481 e. The Morgan fingerprint density at radius 2 is 1.64 bits per heavy atom. The molecule has 0 saturated heterocycles. The predicted molar refractivity (Wildman–Crippen MR) is 89.2 cm³/mol. The summed E-state index contributed by atoms with van der Waals surface area (Å²) in [5.41, 5.74) is 1.30. The number of aliphatic carboxylic acids is 2. The molecule has 4 N–H and O–H groups in total. The van der Waals surface area contributed by atoms with Gasteiger partial charge in [-0.25, -0.2) is 4.79 Å². The van der Waals surface area contributed by atoms with Crippen molar-refractivity contribution in [3.05, 3.63) is 35.4 Å². The van der Waals surface area contributed by atoms with Gasteiger partial charge in [-0.3, -0.25) is 14.4 Å². The second kappa shape index (κ2) is 9.41. The highest BCUT2D eigenvalue weighted by atomic mass is 16.4. The van der Waals surface area contributed by atoms with Crippen LogP contribution in [-0.4, -0.2) is 46.0 Å². The van der Waals surface area contributed by atoms with E-state index >= 15 is 0 Å². The van der Waals surface area contributed by atoms with Crippen molar-refractivity contribution in [2.45, 2.75) is 45.2 Å². The molecule has 0 bridgehead atoms. The Bertz CT molecular complexity index is 641. The monoisotopic (exact) mass is 350 g/mol. The first-order valence-corrected chi connectivity index (χ1v) is 7.80. The lowest BCUT2D eigenvalue weighted by molar-refractivity contribution is -0.139. The van der Waals surface area contributed by atoms with Gasteiger partial charge in [0.25, 0.3) is 5.91 Å². The second-order valence-electron chi connectivity index (χ2n) is 5.84. The zero-order chi connectivity index (χ0) is 19.0. The molecule has 2 amide bonds. The van der Waals surface area contributed by atoms with Crippen LogP contribution in [0.15, 0.2) is 24.3 Å². The fraction of sp³-hybridized carbons (Fsp3) is 0.412. The van der Waals surface area contributed by atoms with E-state index in [0.717, 1.165) is 5.56 Å². The third kappa shape index (κ3) is 7.47. The SMILES string of the molecule is Cc1ccc(C(=O)NC(CCC(=O)NC(C)CC(=O)O)C(=O)O)cc1. The number of hydrogen-bond donors (Lipinski definition) is 4. The molecule has 0 aliphatic heterocycles. The van der Waals surface area contributed by atoms with Crippen molar-refractivity contribution < 1.29 is 29.4 Å². The van der Waals surface area contributed by atoms with Gasteiger partial charge in [-0.1, -0.05) is 17.7 Å². The molecule has 8 nitrogen and oxygen atoms in total. The van der Waals surface area contributed by atoms with Gasteiger partial charge in [0, 0.05) is 18.0 Å². The molecule has 0 radical (unpaired) electrons. The van der Waals surface area contributed by atoms with Crippen LogP contribution in [-0.2, 0) is 14.4 Å². The number of benzene rings is 1. The normalized spacial score (nSPS) is 12.7. The van der Waals surface area contributed by atoms with Gasteiger partial charge in [-0.2, -0.15) is 0 Å². The van der Waals surface area contributed by atoms with E-state index in [2.05, 4.69) is 10.6 Å². The van der Waals surface area contributed by atoms with Gasteiger partial charge < -0.3 is 20.8 Å².